The van der Waals surface area contributed by atoms with Crippen LogP contribution in [0.25, 0.3) is 0 Å². The lowest BCUT2D eigenvalue weighted by Gasteiger charge is -2.26. The molecule has 2 amide bonds. The Morgan fingerprint density at radius 3 is 2.56 bits per heavy atom. The molecule has 2 aromatic rings. The standard InChI is InChI=1S/C20H24N6O/c1-14(2)15-4-6-16(7-5-15)22-19(27)23-20(3)10-11-26(13-20)18-9-8-17(12-21)24-25-18/h4-9,14H,10-11,13H2,1-3H3,(H2,22,23,27)/t20-/m1/s1. The van der Waals surface area contributed by atoms with Gasteiger partial charge in [-0.1, -0.05) is 26.0 Å². The SMILES string of the molecule is CC(C)c1ccc(NC(=O)N[C@]2(C)CCN(c3ccc(C#N)nn3)C2)cc1. The fourth-order valence-corrected chi connectivity index (χ4v) is 3.20. The molecule has 7 heteroatoms. The molecule has 2 heterocycles. The van der Waals surface area contributed by atoms with Gasteiger partial charge in [-0.3, -0.25) is 0 Å². The first-order valence-corrected chi connectivity index (χ1v) is 9.06. The molecule has 0 saturated carbocycles. The monoisotopic (exact) mass is 364 g/mol. The van der Waals surface area contributed by atoms with Crippen LogP contribution >= 0.6 is 0 Å². The van der Waals surface area contributed by atoms with Gasteiger partial charge in [-0.15, -0.1) is 10.2 Å². The van der Waals surface area contributed by atoms with E-state index in [-0.39, 0.29) is 11.6 Å². The van der Waals surface area contributed by atoms with E-state index in [2.05, 4.69) is 39.6 Å². The van der Waals surface area contributed by atoms with Crippen LogP contribution in [0.3, 0.4) is 0 Å². The third-order valence-corrected chi connectivity index (χ3v) is 4.81. The maximum atomic E-state index is 12.4. The molecule has 1 aromatic heterocycles. The molecule has 27 heavy (non-hydrogen) atoms. The second kappa shape index (κ2) is 7.62. The fraction of sp³-hybridized carbons (Fsp3) is 0.400. The summed E-state index contributed by atoms with van der Waals surface area (Å²) in [5.74, 6) is 1.17. The Morgan fingerprint density at radius 1 is 1.22 bits per heavy atom. The lowest BCUT2D eigenvalue weighted by atomic mass is 10.0. The van der Waals surface area contributed by atoms with Gasteiger partial charge in [0.2, 0.25) is 0 Å². The second-order valence-electron chi connectivity index (χ2n) is 7.48. The molecular weight excluding hydrogens is 340 g/mol. The number of hydrogen-bond acceptors (Lipinski definition) is 5. The summed E-state index contributed by atoms with van der Waals surface area (Å²) in [6, 6.07) is 13.1. The smallest absolute Gasteiger partial charge is 0.319 e. The first-order valence-electron chi connectivity index (χ1n) is 9.06. The zero-order valence-electron chi connectivity index (χ0n) is 15.9. The van der Waals surface area contributed by atoms with Gasteiger partial charge >= 0.3 is 6.03 Å². The summed E-state index contributed by atoms with van der Waals surface area (Å²) < 4.78 is 0. The Hall–Kier alpha value is -3.14. The number of nitrogens with one attached hydrogen (secondary N) is 2. The van der Waals surface area contributed by atoms with Crippen molar-refractivity contribution in [1.29, 1.82) is 5.26 Å². The summed E-state index contributed by atoms with van der Waals surface area (Å²) in [5.41, 5.74) is 1.94. The molecule has 7 nitrogen and oxygen atoms in total. The Balaban J connectivity index is 1.58. The molecule has 140 valence electrons. The Labute approximate surface area is 159 Å². The quantitative estimate of drug-likeness (QED) is 0.868. The lowest BCUT2D eigenvalue weighted by Crippen LogP contribution is -2.49. The highest BCUT2D eigenvalue weighted by Gasteiger charge is 2.35. The zero-order valence-corrected chi connectivity index (χ0v) is 15.9. The zero-order chi connectivity index (χ0) is 19.4. The number of nitriles is 1. The molecule has 3 rings (SSSR count). The molecule has 0 radical (unpaired) electrons. The third-order valence-electron chi connectivity index (χ3n) is 4.81. The van der Waals surface area contributed by atoms with Crippen molar-refractivity contribution in [2.24, 2.45) is 0 Å². The average Bonchev–Trinajstić information content (AvgIpc) is 3.03. The van der Waals surface area contributed by atoms with E-state index in [1.807, 2.05) is 37.3 Å². The molecule has 2 N–H and O–H groups in total. The summed E-state index contributed by atoms with van der Waals surface area (Å²) in [4.78, 5) is 14.5. The number of nitrogens with zero attached hydrogens (tertiary/aromatic N) is 4. The summed E-state index contributed by atoms with van der Waals surface area (Å²) >= 11 is 0. The van der Waals surface area contributed by atoms with Crippen LogP contribution in [0.4, 0.5) is 16.3 Å². The Bertz CT molecular complexity index is 840. The highest BCUT2D eigenvalue weighted by molar-refractivity contribution is 5.89. The largest absolute Gasteiger partial charge is 0.353 e. The minimum absolute atomic E-state index is 0.220. The summed E-state index contributed by atoms with van der Waals surface area (Å²) in [5, 5.41) is 22.8. The Morgan fingerprint density at radius 2 is 1.96 bits per heavy atom. The number of carbonyl (C=O) groups is 1. The normalized spacial score (nSPS) is 19.0. The average molecular weight is 364 g/mol. The number of hydrogen-bond donors (Lipinski definition) is 2. The summed E-state index contributed by atoms with van der Waals surface area (Å²) in [6.07, 6.45) is 0.800. The second-order valence-corrected chi connectivity index (χ2v) is 7.48. The molecule has 1 saturated heterocycles. The van der Waals surface area contributed by atoms with Gasteiger partial charge in [0.15, 0.2) is 11.5 Å². The van der Waals surface area contributed by atoms with E-state index in [1.165, 1.54) is 5.56 Å². The molecule has 1 atom stereocenters. The number of urea groups is 1. The molecule has 0 bridgehead atoms. The minimum Gasteiger partial charge on any atom is -0.353 e. The van der Waals surface area contributed by atoms with Gasteiger partial charge in [-0.05, 0) is 49.1 Å². The molecule has 1 fully saturated rings. The van der Waals surface area contributed by atoms with Crippen molar-refractivity contribution in [3.05, 3.63) is 47.7 Å². The van der Waals surface area contributed by atoms with E-state index in [0.717, 1.165) is 18.7 Å². The molecule has 0 unspecified atom stereocenters. The van der Waals surface area contributed by atoms with Gasteiger partial charge in [0.1, 0.15) is 6.07 Å². The van der Waals surface area contributed by atoms with Gasteiger partial charge in [0.05, 0.1) is 5.54 Å². The molecule has 1 aliphatic heterocycles. The first kappa shape index (κ1) is 18.6. The van der Waals surface area contributed by atoms with Gasteiger partial charge in [-0.25, -0.2) is 4.79 Å². The minimum atomic E-state index is -0.364. The van der Waals surface area contributed by atoms with E-state index in [4.69, 9.17) is 5.26 Å². The Kier molecular flexibility index (Phi) is 5.26. The van der Waals surface area contributed by atoms with Crippen molar-refractivity contribution in [2.45, 2.75) is 38.6 Å². The van der Waals surface area contributed by atoms with Crippen LogP contribution in [0.1, 0.15) is 44.4 Å². The summed E-state index contributed by atoms with van der Waals surface area (Å²) in [6.45, 7) is 7.69. The molecule has 1 aliphatic rings. The number of amides is 2. The van der Waals surface area contributed by atoms with Crippen molar-refractivity contribution in [3.8, 4) is 6.07 Å². The van der Waals surface area contributed by atoms with E-state index in [0.29, 0.717) is 24.0 Å². The first-order chi connectivity index (χ1) is 12.9. The van der Waals surface area contributed by atoms with Crippen molar-refractivity contribution < 1.29 is 4.79 Å². The third kappa shape index (κ3) is 4.53. The number of anilines is 2. The van der Waals surface area contributed by atoms with E-state index in [1.54, 1.807) is 12.1 Å². The predicted octanol–water partition coefficient (Wildman–Crippen LogP) is 3.26. The molecule has 1 aromatic carbocycles. The topological polar surface area (TPSA) is 93.9 Å². The molecule has 0 spiro atoms. The highest BCUT2D eigenvalue weighted by Crippen LogP contribution is 2.25. The maximum Gasteiger partial charge on any atom is 0.319 e. The lowest BCUT2D eigenvalue weighted by molar-refractivity contribution is 0.241. The van der Waals surface area contributed by atoms with E-state index in [9.17, 15) is 4.79 Å². The van der Waals surface area contributed by atoms with Gasteiger partial charge in [-0.2, -0.15) is 5.26 Å². The van der Waals surface area contributed by atoms with E-state index < -0.39 is 0 Å². The predicted molar refractivity (Wildman–Crippen MR) is 105 cm³/mol. The number of rotatable bonds is 4. The van der Waals surface area contributed by atoms with E-state index >= 15 is 0 Å². The van der Waals surface area contributed by atoms with Crippen LogP contribution in [-0.2, 0) is 0 Å². The number of benzene rings is 1. The van der Waals surface area contributed by atoms with Crippen LogP contribution in [-0.4, -0.2) is 34.9 Å². The molecule has 0 aliphatic carbocycles. The summed E-state index contributed by atoms with van der Waals surface area (Å²) in [7, 11) is 0. The van der Waals surface area contributed by atoms with Crippen molar-refractivity contribution in [2.75, 3.05) is 23.3 Å². The number of aromatic nitrogens is 2. The maximum absolute atomic E-state index is 12.4. The van der Waals surface area contributed by atoms with Crippen LogP contribution in [0.5, 0.6) is 0 Å². The molecular formula is C20H24N6O. The van der Waals surface area contributed by atoms with Gasteiger partial charge in [0, 0.05) is 18.8 Å². The van der Waals surface area contributed by atoms with Gasteiger partial charge in [0.25, 0.3) is 0 Å². The van der Waals surface area contributed by atoms with Crippen LogP contribution < -0.4 is 15.5 Å². The fourth-order valence-electron chi connectivity index (χ4n) is 3.20. The van der Waals surface area contributed by atoms with Crippen molar-refractivity contribution >= 4 is 17.5 Å². The van der Waals surface area contributed by atoms with Crippen molar-refractivity contribution in [1.82, 2.24) is 15.5 Å². The number of carbonyl (C=O) groups excluding carboxylic acids is 1. The van der Waals surface area contributed by atoms with Crippen LogP contribution in [0, 0.1) is 11.3 Å². The van der Waals surface area contributed by atoms with Crippen LogP contribution in [0.15, 0.2) is 36.4 Å². The van der Waals surface area contributed by atoms with Crippen LogP contribution in [0.2, 0.25) is 0 Å². The highest BCUT2D eigenvalue weighted by atomic mass is 16.2. The van der Waals surface area contributed by atoms with Crippen molar-refractivity contribution in [3.63, 3.8) is 0 Å². The van der Waals surface area contributed by atoms with Gasteiger partial charge < -0.3 is 15.5 Å².